The predicted molar refractivity (Wildman–Crippen MR) is 79.9 cm³/mol. The van der Waals surface area contributed by atoms with Gasteiger partial charge in [-0.3, -0.25) is 0 Å². The monoisotopic (exact) mass is 272 g/mol. The third-order valence-corrected chi connectivity index (χ3v) is 6.98. The van der Waals surface area contributed by atoms with E-state index in [4.69, 9.17) is 5.26 Å². The average Bonchev–Trinajstić information content (AvgIpc) is 2.44. The minimum atomic E-state index is 0.690. The minimum absolute atomic E-state index is 0.690. The highest BCUT2D eigenvalue weighted by Gasteiger charge is 2.48. The summed E-state index contributed by atoms with van der Waals surface area (Å²) in [5.74, 6) is 6.07. The molecule has 0 radical (unpaired) electrons. The SMILES string of the molecule is N#CCC1CCN(CC2C3CC4CC(C3)CC2C4)CC1. The zero-order valence-electron chi connectivity index (χ0n) is 12.6. The summed E-state index contributed by atoms with van der Waals surface area (Å²) in [4.78, 5) is 2.74. The summed E-state index contributed by atoms with van der Waals surface area (Å²) < 4.78 is 0. The molecule has 1 saturated heterocycles. The molecule has 0 aromatic carbocycles. The Bertz CT molecular complexity index is 361. The van der Waals surface area contributed by atoms with Gasteiger partial charge in [0, 0.05) is 13.0 Å². The summed E-state index contributed by atoms with van der Waals surface area (Å²) >= 11 is 0. The third kappa shape index (κ3) is 2.39. The lowest BCUT2D eigenvalue weighted by Crippen LogP contribution is -2.50. The first-order valence-electron chi connectivity index (χ1n) is 8.91. The number of hydrogen-bond donors (Lipinski definition) is 0. The van der Waals surface area contributed by atoms with E-state index in [-0.39, 0.29) is 0 Å². The maximum absolute atomic E-state index is 8.82. The van der Waals surface area contributed by atoms with Gasteiger partial charge in [-0.25, -0.2) is 0 Å². The minimum Gasteiger partial charge on any atom is -0.303 e. The van der Waals surface area contributed by atoms with Gasteiger partial charge in [0.2, 0.25) is 0 Å². The Morgan fingerprint density at radius 2 is 1.50 bits per heavy atom. The summed E-state index contributed by atoms with van der Waals surface area (Å²) in [5, 5.41) is 8.82. The van der Waals surface area contributed by atoms with E-state index >= 15 is 0 Å². The lowest BCUT2D eigenvalue weighted by molar-refractivity contribution is -0.0517. The van der Waals surface area contributed by atoms with Crippen LogP contribution in [0.2, 0.25) is 0 Å². The first-order chi connectivity index (χ1) is 9.81. The molecule has 5 aliphatic rings. The second-order valence-electron chi connectivity index (χ2n) is 8.20. The van der Waals surface area contributed by atoms with Gasteiger partial charge in [0.25, 0.3) is 0 Å². The number of nitrogens with zero attached hydrogens (tertiary/aromatic N) is 2. The molecule has 0 atom stereocenters. The molecule has 1 aliphatic heterocycles. The number of piperidine rings is 1. The standard InChI is InChI=1S/C18H28N2/c19-4-1-13-2-5-20(6-3-13)12-18-16-8-14-7-15(10-16)11-17(18)9-14/h13-18H,1-3,5-12H2. The molecule has 110 valence electrons. The van der Waals surface area contributed by atoms with Gasteiger partial charge in [-0.05, 0) is 93.5 Å². The molecule has 4 saturated carbocycles. The molecule has 5 fully saturated rings. The van der Waals surface area contributed by atoms with E-state index in [1.54, 1.807) is 32.1 Å². The van der Waals surface area contributed by atoms with Crippen LogP contribution in [0.5, 0.6) is 0 Å². The van der Waals surface area contributed by atoms with E-state index in [2.05, 4.69) is 11.0 Å². The van der Waals surface area contributed by atoms with E-state index in [0.717, 1.165) is 36.0 Å². The molecule has 0 spiro atoms. The summed E-state index contributed by atoms with van der Waals surface area (Å²) in [6, 6.07) is 2.36. The molecule has 5 rings (SSSR count). The Morgan fingerprint density at radius 1 is 0.900 bits per heavy atom. The summed E-state index contributed by atoms with van der Waals surface area (Å²) in [6.07, 6.45) is 11.1. The number of hydrogen-bond acceptors (Lipinski definition) is 2. The van der Waals surface area contributed by atoms with Crippen LogP contribution < -0.4 is 0 Å². The van der Waals surface area contributed by atoms with Gasteiger partial charge in [-0.2, -0.15) is 5.26 Å². The van der Waals surface area contributed by atoms with Gasteiger partial charge in [0.15, 0.2) is 0 Å². The van der Waals surface area contributed by atoms with Gasteiger partial charge in [-0.15, -0.1) is 0 Å². The lowest BCUT2D eigenvalue weighted by Gasteiger charge is -2.55. The normalized spacial score (nSPS) is 44.6. The Hall–Kier alpha value is -0.550. The molecule has 0 N–H and O–H groups in total. The van der Waals surface area contributed by atoms with E-state index in [9.17, 15) is 0 Å². The number of nitriles is 1. The summed E-state index contributed by atoms with van der Waals surface area (Å²) in [5.41, 5.74) is 0. The number of likely N-dealkylation sites (tertiary alicyclic amines) is 1. The van der Waals surface area contributed by atoms with Crippen LogP contribution in [0, 0.1) is 46.8 Å². The van der Waals surface area contributed by atoms with Crippen molar-refractivity contribution in [3.8, 4) is 6.07 Å². The van der Waals surface area contributed by atoms with Crippen LogP contribution >= 0.6 is 0 Å². The second kappa shape index (κ2) is 5.34. The van der Waals surface area contributed by atoms with Crippen LogP contribution in [0.3, 0.4) is 0 Å². The van der Waals surface area contributed by atoms with E-state index in [0.29, 0.717) is 5.92 Å². The fourth-order valence-electron chi connectivity index (χ4n) is 6.14. The van der Waals surface area contributed by atoms with Crippen molar-refractivity contribution in [2.45, 2.75) is 51.4 Å². The summed E-state index contributed by atoms with van der Waals surface area (Å²) in [7, 11) is 0. The van der Waals surface area contributed by atoms with Crippen LogP contribution in [0.25, 0.3) is 0 Å². The van der Waals surface area contributed by atoms with Crippen LogP contribution in [0.4, 0.5) is 0 Å². The van der Waals surface area contributed by atoms with Gasteiger partial charge in [-0.1, -0.05) is 0 Å². The van der Waals surface area contributed by atoms with Crippen LogP contribution in [-0.4, -0.2) is 24.5 Å². The van der Waals surface area contributed by atoms with Crippen LogP contribution in [0.1, 0.15) is 51.4 Å². The quantitative estimate of drug-likeness (QED) is 0.783. The Kier molecular flexibility index (Phi) is 3.50. The summed E-state index contributed by atoms with van der Waals surface area (Å²) in [6.45, 7) is 3.90. The maximum atomic E-state index is 8.82. The van der Waals surface area contributed by atoms with Crippen molar-refractivity contribution >= 4 is 0 Å². The zero-order valence-corrected chi connectivity index (χ0v) is 12.6. The molecule has 0 aromatic rings. The van der Waals surface area contributed by atoms with Crippen molar-refractivity contribution < 1.29 is 0 Å². The predicted octanol–water partition coefficient (Wildman–Crippen LogP) is 3.68. The molecule has 2 heteroatoms. The maximum Gasteiger partial charge on any atom is 0.0624 e. The van der Waals surface area contributed by atoms with Crippen molar-refractivity contribution in [1.82, 2.24) is 4.90 Å². The zero-order chi connectivity index (χ0) is 13.5. The molecule has 2 nitrogen and oxygen atoms in total. The van der Waals surface area contributed by atoms with E-state index in [1.807, 2.05) is 0 Å². The molecule has 0 unspecified atom stereocenters. The molecule has 4 aliphatic carbocycles. The van der Waals surface area contributed by atoms with Crippen molar-refractivity contribution in [1.29, 1.82) is 5.26 Å². The van der Waals surface area contributed by atoms with Crippen molar-refractivity contribution in [3.05, 3.63) is 0 Å². The molecule has 0 aromatic heterocycles. The first-order valence-corrected chi connectivity index (χ1v) is 8.91. The van der Waals surface area contributed by atoms with E-state index < -0.39 is 0 Å². The lowest BCUT2D eigenvalue weighted by atomic mass is 9.52. The van der Waals surface area contributed by atoms with Crippen molar-refractivity contribution in [3.63, 3.8) is 0 Å². The van der Waals surface area contributed by atoms with Gasteiger partial charge >= 0.3 is 0 Å². The first kappa shape index (κ1) is 13.1. The van der Waals surface area contributed by atoms with Crippen LogP contribution in [-0.2, 0) is 0 Å². The largest absolute Gasteiger partial charge is 0.303 e. The van der Waals surface area contributed by atoms with Crippen molar-refractivity contribution in [2.24, 2.45) is 35.5 Å². The Morgan fingerprint density at radius 3 is 2.05 bits per heavy atom. The van der Waals surface area contributed by atoms with Gasteiger partial charge in [0.05, 0.1) is 6.07 Å². The highest BCUT2D eigenvalue weighted by atomic mass is 15.1. The highest BCUT2D eigenvalue weighted by Crippen LogP contribution is 2.56. The number of rotatable bonds is 3. The fraction of sp³-hybridized carbons (Fsp3) is 0.944. The molecule has 20 heavy (non-hydrogen) atoms. The molecular formula is C18H28N2. The van der Waals surface area contributed by atoms with E-state index in [1.165, 1.54) is 32.5 Å². The Balaban J connectivity index is 1.33. The smallest absolute Gasteiger partial charge is 0.0624 e. The Labute approximate surface area is 123 Å². The van der Waals surface area contributed by atoms with Gasteiger partial charge in [0.1, 0.15) is 0 Å². The second-order valence-corrected chi connectivity index (χ2v) is 8.20. The average molecular weight is 272 g/mol. The van der Waals surface area contributed by atoms with Crippen molar-refractivity contribution in [2.75, 3.05) is 19.6 Å². The molecule has 0 amide bonds. The molecular weight excluding hydrogens is 244 g/mol. The topological polar surface area (TPSA) is 27.0 Å². The third-order valence-electron chi connectivity index (χ3n) is 6.98. The van der Waals surface area contributed by atoms with Crippen LogP contribution in [0.15, 0.2) is 0 Å². The van der Waals surface area contributed by atoms with Gasteiger partial charge < -0.3 is 4.90 Å². The highest BCUT2D eigenvalue weighted by molar-refractivity contribution is 4.99. The fourth-order valence-corrected chi connectivity index (χ4v) is 6.14. The molecule has 4 bridgehead atoms. The molecule has 1 heterocycles.